The molecule has 3 aromatic carbocycles. The Morgan fingerprint density at radius 1 is 0.206 bits per heavy atom. The lowest BCUT2D eigenvalue weighted by molar-refractivity contribution is -0.174. The molecule has 16 aliphatic rings. The smallest absolute Gasteiger partial charge is 0.321 e. The molecule has 14 heterocycles. The highest BCUT2D eigenvalue weighted by atomic mass is 16.6. The van der Waals surface area contributed by atoms with Crippen molar-refractivity contribution in [3.63, 3.8) is 0 Å². The fourth-order valence-electron chi connectivity index (χ4n) is 17.8. The Morgan fingerprint density at radius 3 is 0.746 bits per heavy atom. The van der Waals surface area contributed by atoms with Gasteiger partial charge in [-0.15, -0.1) is 0 Å². The van der Waals surface area contributed by atoms with Gasteiger partial charge in [-0.1, -0.05) is 86.6 Å². The highest BCUT2D eigenvalue weighted by molar-refractivity contribution is 6.11. The van der Waals surface area contributed by atoms with Crippen LogP contribution in [0.1, 0.15) is 186 Å². The van der Waals surface area contributed by atoms with Crippen LogP contribution in [0.2, 0.25) is 0 Å². The predicted octanol–water partition coefficient (Wildman–Crippen LogP) is 1.47. The Kier molecular flexibility index (Phi) is 25.7. The van der Waals surface area contributed by atoms with Crippen LogP contribution in [0.15, 0.2) is 72.8 Å². The molecule has 0 N–H and O–H groups in total. The predicted molar refractivity (Wildman–Crippen MR) is 385 cm³/mol. The topological polar surface area (TPSA) is 607 Å². The van der Waals surface area contributed by atoms with E-state index in [1.807, 2.05) is 62.4 Å². The van der Waals surface area contributed by atoms with E-state index >= 15 is 0 Å². The van der Waals surface area contributed by atoms with Gasteiger partial charge in [0, 0.05) is 48.3 Å². The summed E-state index contributed by atoms with van der Waals surface area (Å²) in [7, 11) is 0. The molecule has 3 aromatic rings. The zero-order valence-electron chi connectivity index (χ0n) is 66.0. The third-order valence-electron chi connectivity index (χ3n) is 24.1. The summed E-state index contributed by atoms with van der Waals surface area (Å²) >= 11 is 0. The largest absolute Gasteiger partial charge is 0.393 e. The molecule has 42 nitrogen and oxygen atoms in total. The summed E-state index contributed by atoms with van der Waals surface area (Å²) < 4.78 is 62.2. The Labute approximate surface area is 706 Å². The number of carbonyl (C=O) groups excluding carboxylic acids is 28. The van der Waals surface area contributed by atoms with Crippen molar-refractivity contribution in [2.75, 3.05) is 0 Å². The molecule has 0 radical (unpaired) electrons. The molecular formula is C84H70O42. The molecule has 14 saturated heterocycles. The highest BCUT2D eigenvalue weighted by Gasteiger charge is 2.73. The van der Waals surface area contributed by atoms with Gasteiger partial charge in [-0.05, 0) is 57.6 Å². The van der Waals surface area contributed by atoms with Crippen LogP contribution in [0.5, 0.6) is 0 Å². The van der Waals surface area contributed by atoms with Crippen LogP contribution >= 0.6 is 0 Å². The Hall–Kier alpha value is -14.4. The van der Waals surface area contributed by atoms with E-state index in [-0.39, 0.29) is 133 Å². The standard InChI is InChI=1S/C18H18O6.C16H14O6.C14H10O6.C10H8O6.C10H10O6.C8H4O6.C8H6O6/c1-17(7-13(19)23-14(20)8-17)11-3-5-12(6-4-11)18(2)9-15(21)24-16(22)10-18;17-13-5-11(6-14(18)21-13)9-1-2-10(4-3-9)12-7-15(19)22-16(20)8-12;15-11-5-9(13(17)19-11)7-1-2-8(4-3-7)10-6-12(16)20-14(10)18;11-6-2-3-4-1-5(7(3)10(14)15-6)9(13)16-8(4)12;11-7-1-5(2-8(12)15-7)6-3-9(13)16-10(14)4-6;9-5-1-2(6(10)13-5)4-3(1)7(11)14-8(4)12;9-5-1-3(7(11)13-5)4-2-6(10)14-8(4)12/h3-6H,7-10H2,1-2H3;1-4,11-12H,5-8H2;1-4,9-10H,5-6H2;3-5,7H,1-2H2;5-6H,1-4H2;1-4H;3-4H,1-2H2. The second-order valence-corrected chi connectivity index (χ2v) is 32.6. The van der Waals surface area contributed by atoms with E-state index in [1.54, 1.807) is 24.3 Å². The molecule has 0 aromatic heterocycles. The fraction of sp³-hybridized carbons (Fsp3) is 0.452. The van der Waals surface area contributed by atoms with Crippen molar-refractivity contribution < 1.29 is 201 Å². The summed E-state index contributed by atoms with van der Waals surface area (Å²) in [5, 5.41) is 0. The van der Waals surface area contributed by atoms with Gasteiger partial charge in [0.25, 0.3) is 0 Å². The summed E-state index contributed by atoms with van der Waals surface area (Å²) in [5.41, 5.74) is 3.55. The maximum atomic E-state index is 11.6. The minimum Gasteiger partial charge on any atom is -0.393 e. The van der Waals surface area contributed by atoms with Crippen LogP contribution in [0.25, 0.3) is 0 Å². The molecule has 658 valence electrons. The van der Waals surface area contributed by atoms with E-state index in [9.17, 15) is 134 Å². The van der Waals surface area contributed by atoms with Gasteiger partial charge in [0.1, 0.15) is 0 Å². The first-order valence-corrected chi connectivity index (χ1v) is 39.3. The average Bonchev–Trinajstić information content (AvgIpc) is 1.54. The minimum atomic E-state index is -0.846. The van der Waals surface area contributed by atoms with Gasteiger partial charge in [-0.2, -0.15) is 0 Å². The van der Waals surface area contributed by atoms with Crippen molar-refractivity contribution in [1.29, 1.82) is 0 Å². The number of ether oxygens (including phenoxy) is 14. The van der Waals surface area contributed by atoms with Crippen molar-refractivity contribution in [3.8, 4) is 0 Å². The van der Waals surface area contributed by atoms with Crippen LogP contribution in [0.3, 0.4) is 0 Å². The molecule has 2 aliphatic carbocycles. The normalized spacial score (nSPS) is 28.8. The van der Waals surface area contributed by atoms with Crippen LogP contribution in [0.4, 0.5) is 0 Å². The SMILES string of the molecule is CC1(c2ccc(C3(C)CC(=O)OC(=O)C3)cc2)CC(=O)OC(=O)C1.O=C1CC(C2CC(=O)OC(=O)C2)CC(=O)O1.O=C1CC(C2CC(=O)OC2=O)C(=O)O1.O=C1CC(c2ccc(C3CC(=O)OC(=O)C3)cc2)CC(=O)O1.O=C1CC(c2ccc(C3CC(=O)OC3=O)cc2)C(=O)O1.O=C1CC2C3CC(C(=O)OC3=O)C2C(=O)O1.O=C1OC(=O)C2C1C1C(=O)OC(=O)C21. The summed E-state index contributed by atoms with van der Waals surface area (Å²) in [6.45, 7) is 3.70. The van der Waals surface area contributed by atoms with Gasteiger partial charge in [-0.25, -0.2) is 0 Å². The fourth-order valence-corrected chi connectivity index (χ4v) is 17.8. The Bertz CT molecular complexity index is 4880. The zero-order valence-corrected chi connectivity index (χ0v) is 66.0. The molecule has 0 amide bonds. The van der Waals surface area contributed by atoms with E-state index in [1.165, 1.54) is 0 Å². The van der Waals surface area contributed by atoms with Gasteiger partial charge >= 0.3 is 167 Å². The third kappa shape index (κ3) is 19.8. The van der Waals surface area contributed by atoms with Crippen molar-refractivity contribution in [1.82, 2.24) is 0 Å². The minimum absolute atomic E-state index is 0.0138. The molecule has 19 rings (SSSR count). The van der Waals surface area contributed by atoms with Crippen molar-refractivity contribution >= 4 is 167 Å². The molecular weight excluding hydrogens is 1680 g/mol. The third-order valence-corrected chi connectivity index (χ3v) is 24.1. The zero-order chi connectivity index (χ0) is 91.0. The van der Waals surface area contributed by atoms with Crippen LogP contribution in [0, 0.1) is 71.0 Å². The van der Waals surface area contributed by atoms with Gasteiger partial charge in [0.15, 0.2) is 0 Å². The van der Waals surface area contributed by atoms with Gasteiger partial charge in [0.2, 0.25) is 0 Å². The number of hydrogen-bond acceptors (Lipinski definition) is 42. The second-order valence-electron chi connectivity index (χ2n) is 32.6. The van der Waals surface area contributed by atoms with Crippen LogP contribution in [-0.2, 0) is 211 Å². The molecule has 8 atom stereocenters. The Balaban J connectivity index is 0.000000127. The maximum absolute atomic E-state index is 11.6. The number of cyclic esters (lactones) is 28. The van der Waals surface area contributed by atoms with E-state index in [0.717, 1.165) is 22.3 Å². The van der Waals surface area contributed by atoms with E-state index in [0.29, 0.717) is 17.5 Å². The highest BCUT2D eigenvalue weighted by Crippen LogP contribution is 2.55. The number of esters is 28. The number of carbonyl (C=O) groups is 28. The van der Waals surface area contributed by atoms with Crippen molar-refractivity contribution in [3.05, 3.63) is 106 Å². The van der Waals surface area contributed by atoms with Crippen LogP contribution in [-0.4, -0.2) is 167 Å². The lowest BCUT2D eigenvalue weighted by atomic mass is 9.59. The molecule has 42 heteroatoms. The summed E-state index contributed by atoms with van der Waals surface area (Å²) in [4.78, 5) is 314. The van der Waals surface area contributed by atoms with E-state index in [4.69, 9.17) is 0 Å². The molecule has 2 bridgehead atoms. The molecule has 8 unspecified atom stereocenters. The quantitative estimate of drug-likeness (QED) is 0.175. The van der Waals surface area contributed by atoms with E-state index < -0.39 is 249 Å². The second kappa shape index (κ2) is 36.2. The average molecular weight is 1750 g/mol. The monoisotopic (exact) mass is 1750 g/mol. The molecule has 16 fully saturated rings. The number of hydrogen-bond donors (Lipinski definition) is 0. The maximum Gasteiger partial charge on any atom is 0.321 e. The molecule has 126 heavy (non-hydrogen) atoms. The first-order chi connectivity index (χ1) is 59.6. The van der Waals surface area contributed by atoms with Gasteiger partial charge in [-0.3, -0.25) is 134 Å². The summed E-state index contributed by atoms with van der Waals surface area (Å²) in [5.74, 6) is -26.1. The Morgan fingerprint density at radius 2 is 0.444 bits per heavy atom. The number of benzene rings is 3. The lowest BCUT2D eigenvalue weighted by Crippen LogP contribution is -2.50. The lowest BCUT2D eigenvalue weighted by Gasteiger charge is -2.34. The van der Waals surface area contributed by atoms with Crippen molar-refractivity contribution in [2.24, 2.45) is 71.0 Å². The van der Waals surface area contributed by atoms with Crippen LogP contribution < -0.4 is 0 Å². The first kappa shape index (κ1) is 89.4. The van der Waals surface area contributed by atoms with Gasteiger partial charge in [0.05, 0.1) is 149 Å². The number of rotatable bonds is 8. The van der Waals surface area contributed by atoms with Crippen molar-refractivity contribution in [2.45, 2.75) is 164 Å². The number of fused-ring (bicyclic) bond motifs is 9. The van der Waals surface area contributed by atoms with E-state index in [2.05, 4.69) is 66.3 Å². The summed E-state index contributed by atoms with van der Waals surface area (Å²) in [6.07, 6.45) is 1.68. The van der Waals surface area contributed by atoms with Gasteiger partial charge < -0.3 is 66.3 Å². The first-order valence-electron chi connectivity index (χ1n) is 39.3. The summed E-state index contributed by atoms with van der Waals surface area (Å²) in [6, 6.07) is 21.3. The molecule has 14 aliphatic heterocycles. The molecule has 0 spiro atoms. The molecule has 2 saturated carbocycles.